The number of phenols is 1. The minimum Gasteiger partial charge on any atom is -0.508 e. The third-order valence-electron chi connectivity index (χ3n) is 8.90. The number of hydrogen-bond donors (Lipinski definition) is 9. The van der Waals surface area contributed by atoms with Crippen molar-refractivity contribution in [1.82, 2.24) is 31.9 Å². The highest BCUT2D eigenvalue weighted by molar-refractivity contribution is 5.97. The molecule has 0 unspecified atom stereocenters. The lowest BCUT2D eigenvalue weighted by Crippen LogP contribution is -2.61. The summed E-state index contributed by atoms with van der Waals surface area (Å²) < 4.78 is 0. The second kappa shape index (κ2) is 20.6. The standard InChI is InChI=1S/C34H51N7O10/c1-5-18(3)28(33(50)37-21(17-42)15-26(35)44)41-32(49)25(16-27(45)46)38-31(48)24(14-20-9-11-22(43)12-10-20)39-34(51)29(19(4)6-2)40-30(47)23-8-7-13-36-23/h9-12,17-19,21,23-25,28-29,36,43H,5-8,13-16H2,1-4H3,(H2,35,44)(H,37,50)(H,38,48)(H,39,51)(H,40,47)(H,41,49)(H,45,46)/t18-,19-,21-,23-,24-,25-,28-,29-/m0/s1. The van der Waals surface area contributed by atoms with Crippen molar-refractivity contribution in [3.8, 4) is 5.75 Å². The number of benzene rings is 1. The molecule has 51 heavy (non-hydrogen) atoms. The zero-order chi connectivity index (χ0) is 38.2. The molecule has 1 fully saturated rings. The fourth-order valence-corrected chi connectivity index (χ4v) is 5.44. The number of nitrogens with two attached hydrogens (primary N) is 1. The van der Waals surface area contributed by atoms with E-state index in [1.54, 1.807) is 20.8 Å². The quantitative estimate of drug-likeness (QED) is 0.0678. The molecule has 8 atom stereocenters. The average molecular weight is 718 g/mol. The van der Waals surface area contributed by atoms with Crippen LogP contribution >= 0.6 is 0 Å². The Morgan fingerprint density at radius 2 is 1.37 bits per heavy atom. The molecule has 1 aliphatic rings. The van der Waals surface area contributed by atoms with Crippen molar-refractivity contribution in [3.05, 3.63) is 29.8 Å². The van der Waals surface area contributed by atoms with Crippen molar-refractivity contribution in [2.24, 2.45) is 17.6 Å². The van der Waals surface area contributed by atoms with Crippen LogP contribution in [-0.2, 0) is 44.8 Å². The van der Waals surface area contributed by atoms with Crippen LogP contribution in [0.25, 0.3) is 0 Å². The van der Waals surface area contributed by atoms with E-state index in [-0.39, 0.29) is 24.0 Å². The van der Waals surface area contributed by atoms with Gasteiger partial charge in [-0.15, -0.1) is 0 Å². The largest absolute Gasteiger partial charge is 0.508 e. The van der Waals surface area contributed by atoms with Gasteiger partial charge in [-0.3, -0.25) is 33.6 Å². The number of nitrogens with one attached hydrogen (secondary N) is 6. The Balaban J connectivity index is 2.36. The maximum absolute atomic E-state index is 13.8. The topological polar surface area (TPSA) is 275 Å². The van der Waals surface area contributed by atoms with Crippen molar-refractivity contribution in [2.75, 3.05) is 6.54 Å². The molecule has 1 aromatic rings. The van der Waals surface area contributed by atoms with Crippen LogP contribution < -0.4 is 37.6 Å². The number of primary amides is 1. The Morgan fingerprint density at radius 3 is 1.88 bits per heavy atom. The van der Waals surface area contributed by atoms with Crippen molar-refractivity contribution >= 4 is 47.7 Å². The Hall–Kier alpha value is -5.06. The van der Waals surface area contributed by atoms with Crippen molar-refractivity contribution < 1.29 is 48.6 Å². The maximum Gasteiger partial charge on any atom is 0.305 e. The number of aldehydes is 1. The van der Waals surface area contributed by atoms with Gasteiger partial charge in [0.2, 0.25) is 35.4 Å². The monoisotopic (exact) mass is 717 g/mol. The van der Waals surface area contributed by atoms with Gasteiger partial charge >= 0.3 is 5.97 Å². The number of carboxylic acid groups (broad SMARTS) is 1. The summed E-state index contributed by atoms with van der Waals surface area (Å²) in [5.41, 5.74) is 5.64. The summed E-state index contributed by atoms with van der Waals surface area (Å²) in [6.07, 6.45) is 1.06. The molecule has 1 aliphatic heterocycles. The molecular weight excluding hydrogens is 666 g/mol. The van der Waals surface area contributed by atoms with Gasteiger partial charge < -0.3 is 52.6 Å². The zero-order valence-electron chi connectivity index (χ0n) is 29.4. The smallest absolute Gasteiger partial charge is 0.305 e. The Morgan fingerprint density at radius 1 is 0.824 bits per heavy atom. The highest BCUT2D eigenvalue weighted by atomic mass is 16.4. The Bertz CT molecular complexity index is 1400. The van der Waals surface area contributed by atoms with Gasteiger partial charge in [0, 0.05) is 6.42 Å². The highest BCUT2D eigenvalue weighted by Gasteiger charge is 2.36. The minimum atomic E-state index is -1.72. The third kappa shape index (κ3) is 13.6. The number of carbonyl (C=O) groups excluding carboxylic acids is 7. The van der Waals surface area contributed by atoms with Crippen molar-refractivity contribution in [3.63, 3.8) is 0 Å². The Kier molecular flexibility index (Phi) is 17.0. The number of rotatable bonds is 21. The maximum atomic E-state index is 13.8. The van der Waals surface area contributed by atoms with Crippen LogP contribution in [0.1, 0.15) is 71.8 Å². The van der Waals surface area contributed by atoms with Crippen molar-refractivity contribution in [2.45, 2.75) is 109 Å². The number of aromatic hydroxyl groups is 1. The number of hydrogen-bond acceptors (Lipinski definition) is 10. The molecular formula is C34H51N7O10. The molecule has 1 heterocycles. The Labute approximate surface area is 296 Å². The number of amides is 6. The minimum absolute atomic E-state index is 0.0453. The average Bonchev–Trinajstić information content (AvgIpc) is 3.63. The molecule has 6 amide bonds. The van der Waals surface area contributed by atoms with Gasteiger partial charge in [-0.2, -0.15) is 0 Å². The molecule has 1 aromatic carbocycles. The zero-order valence-corrected chi connectivity index (χ0v) is 29.4. The summed E-state index contributed by atoms with van der Waals surface area (Å²) in [4.78, 5) is 102. The van der Waals surface area contributed by atoms with Gasteiger partial charge in [-0.05, 0) is 48.9 Å². The SMILES string of the molecule is CC[C@H](C)[C@H](NC(=O)[C@H](CC(=O)O)NC(=O)[C@H](Cc1ccc(O)cc1)NC(=O)[C@@H](NC(=O)[C@@H]1CCCN1)[C@@H](C)CC)C(=O)N[C@H](C=O)CC(N)=O. The lowest BCUT2D eigenvalue weighted by atomic mass is 9.96. The number of carbonyl (C=O) groups is 8. The molecule has 0 aliphatic carbocycles. The number of carboxylic acids is 1. The normalized spacial score (nSPS) is 18.0. The van der Waals surface area contributed by atoms with Gasteiger partial charge in [0.1, 0.15) is 36.2 Å². The molecule has 2 rings (SSSR count). The van der Waals surface area contributed by atoms with E-state index >= 15 is 0 Å². The molecule has 17 heteroatoms. The molecule has 1 saturated heterocycles. The third-order valence-corrected chi connectivity index (χ3v) is 8.90. The lowest BCUT2D eigenvalue weighted by molar-refractivity contribution is -0.141. The van der Waals surface area contributed by atoms with Gasteiger partial charge in [0.05, 0.1) is 24.9 Å². The van der Waals surface area contributed by atoms with Crippen LogP contribution in [0.2, 0.25) is 0 Å². The van der Waals surface area contributed by atoms with E-state index < -0.39 is 90.5 Å². The van der Waals surface area contributed by atoms with E-state index in [9.17, 15) is 48.6 Å². The molecule has 0 aromatic heterocycles. The van der Waals surface area contributed by atoms with E-state index in [0.29, 0.717) is 37.7 Å². The molecule has 0 saturated carbocycles. The second-order valence-electron chi connectivity index (χ2n) is 12.9. The summed E-state index contributed by atoms with van der Waals surface area (Å²) in [5, 5.41) is 35.1. The summed E-state index contributed by atoms with van der Waals surface area (Å²) in [5.74, 6) is -7.07. The van der Waals surface area contributed by atoms with Crippen molar-refractivity contribution in [1.29, 1.82) is 0 Å². The van der Waals surface area contributed by atoms with Crippen LogP contribution in [0.5, 0.6) is 5.75 Å². The number of aliphatic carboxylic acids is 1. The lowest BCUT2D eigenvalue weighted by Gasteiger charge is -2.29. The van der Waals surface area contributed by atoms with Crippen LogP contribution in [0.15, 0.2) is 24.3 Å². The van der Waals surface area contributed by atoms with E-state index in [1.165, 1.54) is 24.3 Å². The van der Waals surface area contributed by atoms with Crippen LogP contribution in [0, 0.1) is 11.8 Å². The predicted octanol–water partition coefficient (Wildman–Crippen LogP) is -1.25. The molecule has 10 N–H and O–H groups in total. The van der Waals surface area contributed by atoms with E-state index in [2.05, 4.69) is 31.9 Å². The highest BCUT2D eigenvalue weighted by Crippen LogP contribution is 2.15. The summed E-state index contributed by atoms with van der Waals surface area (Å²) >= 11 is 0. The van der Waals surface area contributed by atoms with Gasteiger partial charge in [0.15, 0.2) is 0 Å². The summed E-state index contributed by atoms with van der Waals surface area (Å²) in [6.45, 7) is 7.62. The molecule has 0 radical (unpaired) electrons. The van der Waals surface area contributed by atoms with Gasteiger partial charge in [-0.1, -0.05) is 52.7 Å². The first-order chi connectivity index (χ1) is 24.1. The second-order valence-corrected chi connectivity index (χ2v) is 12.9. The first-order valence-electron chi connectivity index (χ1n) is 17.1. The van der Waals surface area contributed by atoms with Gasteiger partial charge in [-0.25, -0.2) is 0 Å². The van der Waals surface area contributed by atoms with Gasteiger partial charge in [0.25, 0.3) is 0 Å². The molecule has 282 valence electrons. The predicted molar refractivity (Wildman–Crippen MR) is 184 cm³/mol. The molecule has 17 nitrogen and oxygen atoms in total. The summed E-state index contributed by atoms with van der Waals surface area (Å²) in [6, 6.07) is -1.38. The fraction of sp³-hybridized carbons (Fsp3) is 0.588. The molecule has 0 spiro atoms. The van der Waals surface area contributed by atoms with Crippen LogP contribution in [-0.4, -0.2) is 101 Å². The van der Waals surface area contributed by atoms with E-state index in [1.807, 2.05) is 6.92 Å². The first kappa shape index (κ1) is 42.1. The van der Waals surface area contributed by atoms with Crippen LogP contribution in [0.3, 0.4) is 0 Å². The van der Waals surface area contributed by atoms with E-state index in [0.717, 1.165) is 6.42 Å². The summed E-state index contributed by atoms with van der Waals surface area (Å²) in [7, 11) is 0. The molecule has 0 bridgehead atoms. The fourth-order valence-electron chi connectivity index (χ4n) is 5.44. The van der Waals surface area contributed by atoms with Crippen LogP contribution in [0.4, 0.5) is 0 Å². The number of phenolic OH excluding ortho intramolecular Hbond substituents is 1. The van der Waals surface area contributed by atoms with E-state index in [4.69, 9.17) is 5.73 Å². The first-order valence-corrected chi connectivity index (χ1v) is 17.1.